The number of benzene rings is 4. The molecule has 5 rings (SSSR count). The minimum absolute atomic E-state index is 0.150. The maximum Gasteiger partial charge on any atom is 0.123 e. The second kappa shape index (κ2) is 8.56. The second-order valence-electron chi connectivity index (χ2n) is 8.68. The van der Waals surface area contributed by atoms with Crippen LogP contribution in [-0.2, 0) is 6.54 Å². The molecular formula is C29H29NO. The van der Waals surface area contributed by atoms with E-state index >= 15 is 0 Å². The van der Waals surface area contributed by atoms with Gasteiger partial charge < -0.3 is 10.1 Å². The van der Waals surface area contributed by atoms with Gasteiger partial charge in [0, 0.05) is 24.6 Å². The van der Waals surface area contributed by atoms with Crippen molar-refractivity contribution < 1.29 is 4.74 Å². The van der Waals surface area contributed by atoms with Crippen molar-refractivity contribution in [1.82, 2.24) is 5.32 Å². The van der Waals surface area contributed by atoms with Gasteiger partial charge in [-0.25, -0.2) is 0 Å². The van der Waals surface area contributed by atoms with Crippen LogP contribution in [0.4, 0.5) is 0 Å². The highest BCUT2D eigenvalue weighted by Gasteiger charge is 2.29. The van der Waals surface area contributed by atoms with Crippen molar-refractivity contribution in [2.24, 2.45) is 0 Å². The Balaban J connectivity index is 1.34. The molecule has 4 aromatic rings. The molecule has 0 saturated heterocycles. The predicted octanol–water partition coefficient (Wildman–Crippen LogP) is 6.53. The lowest BCUT2D eigenvalue weighted by Gasteiger charge is -2.33. The molecule has 1 unspecified atom stereocenters. The van der Waals surface area contributed by atoms with Gasteiger partial charge in [0.1, 0.15) is 11.9 Å². The molecule has 4 aromatic carbocycles. The number of hydrogen-bond donors (Lipinski definition) is 1. The molecule has 0 bridgehead atoms. The largest absolute Gasteiger partial charge is 0.489 e. The molecule has 0 spiro atoms. The number of rotatable bonds is 5. The predicted molar refractivity (Wildman–Crippen MR) is 129 cm³/mol. The molecule has 0 radical (unpaired) electrons. The Labute approximate surface area is 184 Å². The maximum absolute atomic E-state index is 6.40. The first-order valence-electron chi connectivity index (χ1n) is 11.2. The highest BCUT2D eigenvalue weighted by molar-refractivity contribution is 5.85. The normalized spacial score (nSPS) is 17.9. The molecule has 0 aromatic heterocycles. The SMILES string of the molecule is Cc1ccc(C2C[C@@H](CNCc3cccc4ccccc34)Oc3ccccc32)cc1C. The molecule has 0 fully saturated rings. The molecule has 156 valence electrons. The molecule has 2 heteroatoms. The second-order valence-corrected chi connectivity index (χ2v) is 8.68. The average molecular weight is 408 g/mol. The monoisotopic (exact) mass is 407 g/mol. The van der Waals surface area contributed by atoms with E-state index in [1.54, 1.807) is 0 Å². The number of aryl methyl sites for hydroxylation is 2. The molecule has 0 amide bonds. The van der Waals surface area contributed by atoms with Crippen LogP contribution in [0.1, 0.15) is 40.2 Å². The van der Waals surface area contributed by atoms with E-state index in [2.05, 4.69) is 104 Å². The van der Waals surface area contributed by atoms with Crippen LogP contribution in [0.5, 0.6) is 5.75 Å². The summed E-state index contributed by atoms with van der Waals surface area (Å²) in [6.45, 7) is 6.06. The van der Waals surface area contributed by atoms with Gasteiger partial charge in [0.15, 0.2) is 0 Å². The van der Waals surface area contributed by atoms with Crippen LogP contribution in [0.15, 0.2) is 84.9 Å². The zero-order valence-corrected chi connectivity index (χ0v) is 18.3. The summed E-state index contributed by atoms with van der Waals surface area (Å²) in [5.41, 5.74) is 6.72. The van der Waals surface area contributed by atoms with Crippen molar-refractivity contribution in [2.75, 3.05) is 6.54 Å². The van der Waals surface area contributed by atoms with Gasteiger partial charge in [-0.05, 0) is 59.4 Å². The molecule has 2 nitrogen and oxygen atoms in total. The standard InChI is InChI=1S/C29H29NO/c1-20-14-15-23(16-21(20)2)28-17-25(31-29-13-6-5-12-27(28)29)19-30-18-24-10-7-9-22-8-3-4-11-26(22)24/h3-16,25,28,30H,17-19H2,1-2H3/t25-,28?/m0/s1. The third-order valence-electron chi connectivity index (χ3n) is 6.59. The van der Waals surface area contributed by atoms with Gasteiger partial charge in [-0.1, -0.05) is 78.9 Å². The van der Waals surface area contributed by atoms with E-state index in [4.69, 9.17) is 4.74 Å². The van der Waals surface area contributed by atoms with Crippen LogP contribution in [-0.4, -0.2) is 12.6 Å². The summed E-state index contributed by atoms with van der Waals surface area (Å²) in [6, 6.07) is 30.5. The summed E-state index contributed by atoms with van der Waals surface area (Å²) in [4.78, 5) is 0. The molecule has 1 aliphatic rings. The van der Waals surface area contributed by atoms with Gasteiger partial charge >= 0.3 is 0 Å². The van der Waals surface area contributed by atoms with Crippen molar-refractivity contribution in [3.05, 3.63) is 113 Å². The highest BCUT2D eigenvalue weighted by atomic mass is 16.5. The Morgan fingerprint density at radius 3 is 2.55 bits per heavy atom. The topological polar surface area (TPSA) is 21.3 Å². The highest BCUT2D eigenvalue weighted by Crippen LogP contribution is 2.40. The molecule has 31 heavy (non-hydrogen) atoms. The third kappa shape index (κ3) is 4.08. The number of para-hydroxylation sites is 1. The van der Waals surface area contributed by atoms with Crippen molar-refractivity contribution >= 4 is 10.8 Å². The van der Waals surface area contributed by atoms with Crippen molar-refractivity contribution in [2.45, 2.75) is 38.8 Å². The van der Waals surface area contributed by atoms with Gasteiger partial charge in [0.2, 0.25) is 0 Å². The van der Waals surface area contributed by atoms with Gasteiger partial charge in [-0.3, -0.25) is 0 Å². The van der Waals surface area contributed by atoms with E-state index in [9.17, 15) is 0 Å². The van der Waals surface area contributed by atoms with Crippen LogP contribution in [0.3, 0.4) is 0 Å². The first kappa shape index (κ1) is 19.8. The Kier molecular flexibility index (Phi) is 5.48. The fraction of sp³-hybridized carbons (Fsp3) is 0.241. The molecular weight excluding hydrogens is 378 g/mol. The van der Waals surface area contributed by atoms with E-state index in [1.807, 2.05) is 0 Å². The summed E-state index contributed by atoms with van der Waals surface area (Å²) in [6.07, 6.45) is 1.14. The zero-order valence-electron chi connectivity index (χ0n) is 18.3. The third-order valence-corrected chi connectivity index (χ3v) is 6.59. The minimum Gasteiger partial charge on any atom is -0.489 e. The molecule has 0 saturated carbocycles. The van der Waals surface area contributed by atoms with Gasteiger partial charge in [-0.2, -0.15) is 0 Å². The van der Waals surface area contributed by atoms with Crippen molar-refractivity contribution in [3.63, 3.8) is 0 Å². The number of fused-ring (bicyclic) bond motifs is 2. The molecule has 1 aliphatic heterocycles. The maximum atomic E-state index is 6.40. The Hall–Kier alpha value is -3.10. The number of ether oxygens (including phenoxy) is 1. The van der Waals surface area contributed by atoms with Gasteiger partial charge in [0.25, 0.3) is 0 Å². The fourth-order valence-corrected chi connectivity index (χ4v) is 4.73. The van der Waals surface area contributed by atoms with Crippen LogP contribution in [0, 0.1) is 13.8 Å². The number of hydrogen-bond acceptors (Lipinski definition) is 2. The zero-order chi connectivity index (χ0) is 21.2. The lowest BCUT2D eigenvalue weighted by molar-refractivity contribution is 0.162. The fourth-order valence-electron chi connectivity index (χ4n) is 4.73. The summed E-state index contributed by atoms with van der Waals surface area (Å²) in [7, 11) is 0. The smallest absolute Gasteiger partial charge is 0.123 e. The number of nitrogens with one attached hydrogen (secondary N) is 1. The summed E-state index contributed by atoms with van der Waals surface area (Å²) in [5, 5.41) is 6.27. The lowest BCUT2D eigenvalue weighted by Crippen LogP contribution is -2.35. The van der Waals surface area contributed by atoms with Crippen molar-refractivity contribution in [1.29, 1.82) is 0 Å². The van der Waals surface area contributed by atoms with Crippen LogP contribution in [0.25, 0.3) is 10.8 Å². The molecule has 1 heterocycles. The van der Waals surface area contributed by atoms with E-state index in [-0.39, 0.29) is 6.10 Å². The first-order chi connectivity index (χ1) is 15.2. The average Bonchev–Trinajstić information content (AvgIpc) is 2.80. The van der Waals surface area contributed by atoms with Gasteiger partial charge in [0.05, 0.1) is 0 Å². The van der Waals surface area contributed by atoms with Crippen LogP contribution in [0.2, 0.25) is 0 Å². The Morgan fingerprint density at radius 1 is 0.839 bits per heavy atom. The van der Waals surface area contributed by atoms with Crippen molar-refractivity contribution in [3.8, 4) is 5.75 Å². The minimum atomic E-state index is 0.150. The Bertz CT molecular complexity index is 1210. The first-order valence-corrected chi connectivity index (χ1v) is 11.2. The van der Waals surface area contributed by atoms with Crippen LogP contribution < -0.4 is 10.1 Å². The van der Waals surface area contributed by atoms with E-state index in [1.165, 1.54) is 38.6 Å². The molecule has 1 N–H and O–H groups in total. The summed E-state index contributed by atoms with van der Waals surface area (Å²) < 4.78 is 6.40. The van der Waals surface area contributed by atoms with Gasteiger partial charge in [-0.15, -0.1) is 0 Å². The molecule has 0 aliphatic carbocycles. The molecule has 2 atom stereocenters. The Morgan fingerprint density at radius 2 is 1.65 bits per heavy atom. The van der Waals surface area contributed by atoms with Crippen LogP contribution >= 0.6 is 0 Å². The summed E-state index contributed by atoms with van der Waals surface area (Å²) >= 11 is 0. The quantitative estimate of drug-likeness (QED) is 0.406. The summed E-state index contributed by atoms with van der Waals surface area (Å²) in [5.74, 6) is 1.39. The lowest BCUT2D eigenvalue weighted by atomic mass is 9.83. The van der Waals surface area contributed by atoms with E-state index < -0.39 is 0 Å². The van der Waals surface area contributed by atoms with E-state index in [0.717, 1.165) is 25.3 Å². The van der Waals surface area contributed by atoms with E-state index in [0.29, 0.717) is 5.92 Å².